The predicted octanol–water partition coefficient (Wildman–Crippen LogP) is 3.29. The number of rotatable bonds is 9. The predicted molar refractivity (Wildman–Crippen MR) is 118 cm³/mol. The Kier molecular flexibility index (Phi) is 6.99. The van der Waals surface area contributed by atoms with Crippen molar-refractivity contribution < 1.29 is 23.8 Å². The van der Waals surface area contributed by atoms with E-state index < -0.39 is 0 Å². The van der Waals surface area contributed by atoms with Gasteiger partial charge in [0.2, 0.25) is 0 Å². The molecule has 0 spiro atoms. The number of benzene rings is 2. The normalized spacial score (nSPS) is 12.5. The first-order valence-corrected chi connectivity index (χ1v) is 11.1. The Morgan fingerprint density at radius 1 is 1.06 bits per heavy atom. The molecule has 1 aliphatic rings. The molecule has 7 nitrogen and oxygen atoms in total. The zero-order chi connectivity index (χ0) is 21.5. The van der Waals surface area contributed by atoms with Gasteiger partial charge in [0.25, 0.3) is 5.91 Å². The number of ether oxygens (including phenoxy) is 3. The SMILES string of the molecule is O=C(COC(=O)CCCc1nc2ccccc2s1)NCCc1ccc2c(c1)OCCO2. The van der Waals surface area contributed by atoms with E-state index >= 15 is 0 Å². The van der Waals surface area contributed by atoms with Crippen LogP contribution in [0.2, 0.25) is 0 Å². The van der Waals surface area contributed by atoms with Gasteiger partial charge in [0, 0.05) is 13.0 Å². The van der Waals surface area contributed by atoms with Crippen molar-refractivity contribution in [3.8, 4) is 11.5 Å². The average Bonchev–Trinajstić information content (AvgIpc) is 3.20. The minimum absolute atomic E-state index is 0.263. The lowest BCUT2D eigenvalue weighted by molar-refractivity contribution is -0.148. The molecule has 31 heavy (non-hydrogen) atoms. The number of amides is 1. The number of para-hydroxylation sites is 1. The van der Waals surface area contributed by atoms with E-state index in [1.165, 1.54) is 0 Å². The summed E-state index contributed by atoms with van der Waals surface area (Å²) in [6, 6.07) is 13.7. The van der Waals surface area contributed by atoms with Gasteiger partial charge in [-0.1, -0.05) is 18.2 Å². The molecule has 1 aromatic heterocycles. The molecule has 2 heterocycles. The molecule has 0 unspecified atom stereocenters. The smallest absolute Gasteiger partial charge is 0.306 e. The molecular formula is C23H24N2O5S. The van der Waals surface area contributed by atoms with Crippen LogP contribution in [0.3, 0.4) is 0 Å². The van der Waals surface area contributed by atoms with Gasteiger partial charge in [0.05, 0.1) is 15.2 Å². The summed E-state index contributed by atoms with van der Waals surface area (Å²) in [6.45, 7) is 1.29. The molecule has 0 saturated carbocycles. The molecule has 3 aromatic rings. The molecule has 1 aliphatic heterocycles. The van der Waals surface area contributed by atoms with Gasteiger partial charge in [-0.2, -0.15) is 0 Å². The Balaban J connectivity index is 1.11. The van der Waals surface area contributed by atoms with Crippen LogP contribution in [-0.2, 0) is 27.2 Å². The van der Waals surface area contributed by atoms with Gasteiger partial charge in [-0.15, -0.1) is 11.3 Å². The zero-order valence-electron chi connectivity index (χ0n) is 17.1. The number of aromatic nitrogens is 1. The summed E-state index contributed by atoms with van der Waals surface area (Å²) in [5.74, 6) is 0.795. The lowest BCUT2D eigenvalue weighted by atomic mass is 10.1. The Hall–Kier alpha value is -3.13. The van der Waals surface area contributed by atoms with E-state index in [-0.39, 0.29) is 24.9 Å². The van der Waals surface area contributed by atoms with E-state index in [4.69, 9.17) is 14.2 Å². The van der Waals surface area contributed by atoms with Crippen LogP contribution in [0, 0.1) is 0 Å². The van der Waals surface area contributed by atoms with Gasteiger partial charge in [-0.25, -0.2) is 4.98 Å². The van der Waals surface area contributed by atoms with Gasteiger partial charge < -0.3 is 19.5 Å². The highest BCUT2D eigenvalue weighted by Gasteiger charge is 2.12. The third kappa shape index (κ3) is 5.95. The first kappa shape index (κ1) is 21.1. The molecule has 0 saturated heterocycles. The first-order valence-electron chi connectivity index (χ1n) is 10.3. The van der Waals surface area contributed by atoms with Crippen LogP contribution >= 0.6 is 11.3 Å². The number of thiazole rings is 1. The molecule has 0 atom stereocenters. The van der Waals surface area contributed by atoms with Crippen molar-refractivity contribution in [3.05, 3.63) is 53.0 Å². The lowest BCUT2D eigenvalue weighted by Gasteiger charge is -2.18. The number of nitrogens with one attached hydrogen (secondary N) is 1. The van der Waals surface area contributed by atoms with Crippen molar-refractivity contribution in [3.63, 3.8) is 0 Å². The second kappa shape index (κ2) is 10.3. The number of fused-ring (bicyclic) bond motifs is 2. The number of esters is 1. The Morgan fingerprint density at radius 3 is 2.77 bits per heavy atom. The van der Waals surface area contributed by atoms with Crippen molar-refractivity contribution in [2.75, 3.05) is 26.4 Å². The van der Waals surface area contributed by atoms with E-state index in [1.54, 1.807) is 11.3 Å². The lowest BCUT2D eigenvalue weighted by Crippen LogP contribution is -2.30. The van der Waals surface area contributed by atoms with Gasteiger partial charge in [0.1, 0.15) is 13.2 Å². The summed E-state index contributed by atoms with van der Waals surface area (Å²) in [5.41, 5.74) is 2.02. The molecule has 8 heteroatoms. The summed E-state index contributed by atoms with van der Waals surface area (Å²) in [7, 11) is 0. The van der Waals surface area contributed by atoms with Crippen LogP contribution in [0.25, 0.3) is 10.2 Å². The number of hydrogen-bond acceptors (Lipinski definition) is 7. The Labute approximate surface area is 184 Å². The van der Waals surface area contributed by atoms with Gasteiger partial charge in [-0.05, 0) is 49.1 Å². The number of nitrogens with zero attached hydrogens (tertiary/aromatic N) is 1. The number of carbonyl (C=O) groups is 2. The van der Waals surface area contributed by atoms with Gasteiger partial charge in [0.15, 0.2) is 18.1 Å². The summed E-state index contributed by atoms with van der Waals surface area (Å²) >= 11 is 1.64. The molecule has 4 rings (SSSR count). The number of hydrogen-bond donors (Lipinski definition) is 1. The van der Waals surface area contributed by atoms with Crippen LogP contribution in [0.4, 0.5) is 0 Å². The van der Waals surface area contributed by atoms with Crippen molar-refractivity contribution in [1.29, 1.82) is 0 Å². The Morgan fingerprint density at radius 2 is 1.90 bits per heavy atom. The molecule has 2 aromatic carbocycles. The fourth-order valence-electron chi connectivity index (χ4n) is 3.27. The fourth-order valence-corrected chi connectivity index (χ4v) is 4.28. The van der Waals surface area contributed by atoms with E-state index in [0.717, 1.165) is 38.7 Å². The maximum absolute atomic E-state index is 11.9. The van der Waals surface area contributed by atoms with Crippen molar-refractivity contribution in [1.82, 2.24) is 10.3 Å². The third-order valence-electron chi connectivity index (χ3n) is 4.82. The number of aryl methyl sites for hydroxylation is 1. The molecule has 1 N–H and O–H groups in total. The maximum Gasteiger partial charge on any atom is 0.306 e. The van der Waals surface area contributed by atoms with Crippen LogP contribution in [-0.4, -0.2) is 43.2 Å². The average molecular weight is 441 g/mol. The monoisotopic (exact) mass is 440 g/mol. The van der Waals surface area contributed by atoms with Crippen LogP contribution in [0.1, 0.15) is 23.4 Å². The zero-order valence-corrected chi connectivity index (χ0v) is 17.9. The standard InChI is InChI=1S/C23H24N2O5S/c26-21(24-11-10-16-8-9-18-19(14-16)29-13-12-28-18)15-30-23(27)7-3-6-22-25-17-4-1-2-5-20(17)31-22/h1-2,4-5,8-9,14H,3,6-7,10-13,15H2,(H,24,26). The molecule has 0 radical (unpaired) electrons. The molecule has 0 fully saturated rings. The quantitative estimate of drug-likeness (QED) is 0.514. The van der Waals surface area contributed by atoms with Crippen molar-refractivity contribution >= 4 is 33.4 Å². The van der Waals surface area contributed by atoms with E-state index in [1.807, 2.05) is 42.5 Å². The minimum Gasteiger partial charge on any atom is -0.486 e. The topological polar surface area (TPSA) is 86.8 Å². The van der Waals surface area contributed by atoms with Crippen LogP contribution < -0.4 is 14.8 Å². The Bertz CT molecular complexity index is 1030. The van der Waals surface area contributed by atoms with Gasteiger partial charge >= 0.3 is 5.97 Å². The third-order valence-corrected chi connectivity index (χ3v) is 5.91. The van der Waals surface area contributed by atoms with Crippen LogP contribution in [0.5, 0.6) is 11.5 Å². The molecule has 162 valence electrons. The summed E-state index contributed by atoms with van der Waals surface area (Å²) in [6.07, 6.45) is 2.28. The second-order valence-electron chi connectivity index (χ2n) is 7.17. The van der Waals surface area contributed by atoms with Gasteiger partial charge in [-0.3, -0.25) is 9.59 Å². The largest absolute Gasteiger partial charge is 0.486 e. The minimum atomic E-state index is -0.372. The van der Waals surface area contributed by atoms with E-state index in [0.29, 0.717) is 32.6 Å². The fraction of sp³-hybridized carbons (Fsp3) is 0.348. The van der Waals surface area contributed by atoms with Crippen molar-refractivity contribution in [2.45, 2.75) is 25.7 Å². The number of carbonyl (C=O) groups excluding carboxylic acids is 2. The molecule has 0 aliphatic carbocycles. The summed E-state index contributed by atoms with van der Waals surface area (Å²) in [5, 5.41) is 3.77. The maximum atomic E-state index is 11.9. The van der Waals surface area contributed by atoms with E-state index in [2.05, 4.69) is 10.3 Å². The van der Waals surface area contributed by atoms with Crippen LogP contribution in [0.15, 0.2) is 42.5 Å². The molecule has 0 bridgehead atoms. The molecular weight excluding hydrogens is 416 g/mol. The highest BCUT2D eigenvalue weighted by molar-refractivity contribution is 7.18. The van der Waals surface area contributed by atoms with E-state index in [9.17, 15) is 9.59 Å². The highest BCUT2D eigenvalue weighted by Crippen LogP contribution is 2.30. The van der Waals surface area contributed by atoms with Crippen molar-refractivity contribution in [2.24, 2.45) is 0 Å². The highest BCUT2D eigenvalue weighted by atomic mass is 32.1. The second-order valence-corrected chi connectivity index (χ2v) is 8.28. The summed E-state index contributed by atoms with van der Waals surface area (Å²) in [4.78, 5) is 28.4. The summed E-state index contributed by atoms with van der Waals surface area (Å²) < 4.78 is 17.3. The molecule has 1 amide bonds. The first-order chi connectivity index (χ1) is 15.2.